The molecule has 3 fully saturated rings. The topological polar surface area (TPSA) is 471 Å². The van der Waals surface area contributed by atoms with Crippen molar-refractivity contribution < 1.29 is 123 Å². The molecule has 6 heterocycles. The fourth-order valence-corrected chi connectivity index (χ4v) is 8.21. The number of ether oxygens (including phenoxy) is 11. The fraction of sp³-hybridized carbons (Fsp3) is 0.818. The molecule has 6 rings (SSSR count). The molecule has 15 atom stereocenters. The van der Waals surface area contributed by atoms with E-state index in [4.69, 9.17) is 52.1 Å². The van der Waals surface area contributed by atoms with Crippen LogP contribution in [0.4, 0.5) is 0 Å². The third-order valence-corrected chi connectivity index (χ3v) is 12.8. The van der Waals surface area contributed by atoms with Gasteiger partial charge in [0, 0.05) is 5.33 Å². The zero-order valence-electron chi connectivity index (χ0n) is 42.6. The van der Waals surface area contributed by atoms with Crippen LogP contribution in [-0.4, -0.2) is 288 Å². The normalized spacial score (nSPS) is 29.5. The minimum atomic E-state index is -1.63. The summed E-state index contributed by atoms with van der Waals surface area (Å²) in [5, 5.41) is 145. The van der Waals surface area contributed by atoms with Gasteiger partial charge < -0.3 is 113 Å². The molecule has 35 heteroatoms. The molecule has 79 heavy (non-hydrogen) atoms. The summed E-state index contributed by atoms with van der Waals surface area (Å²) < 4.78 is 66.3. The molecule has 0 aliphatic carbocycles. The van der Waals surface area contributed by atoms with E-state index >= 15 is 0 Å². The molecule has 448 valence electrons. The Labute approximate surface area is 458 Å². The maximum Gasteiger partial charge on any atom is 0.306 e. The molecule has 3 aliphatic rings. The molecule has 12 N–H and O–H groups in total. The minimum absolute atomic E-state index is 0.0824. The van der Waals surface area contributed by atoms with Crippen molar-refractivity contribution in [2.45, 2.75) is 144 Å². The summed E-state index contributed by atoms with van der Waals surface area (Å²) in [5.41, 5.74) is -0.309. The van der Waals surface area contributed by atoms with Gasteiger partial charge in [0.15, 0.2) is 18.9 Å². The molecule has 0 amide bonds. The predicted octanol–water partition coefficient (Wildman–Crippen LogP) is -7.89. The fourth-order valence-electron chi connectivity index (χ4n) is 8.05. The van der Waals surface area contributed by atoms with Crippen molar-refractivity contribution in [3.63, 3.8) is 0 Å². The molecular formula is C44H70BrN9O25. The number of rotatable bonds is 34. The number of aliphatic hydroxyl groups is 12. The van der Waals surface area contributed by atoms with Gasteiger partial charge in [-0.25, -0.2) is 14.0 Å². The van der Waals surface area contributed by atoms with E-state index in [1.165, 1.54) is 32.6 Å². The number of carbonyl (C=O) groups excluding carboxylic acids is 2. The van der Waals surface area contributed by atoms with Crippen LogP contribution in [0.5, 0.6) is 0 Å². The van der Waals surface area contributed by atoms with Crippen LogP contribution in [0.15, 0.2) is 18.6 Å². The maximum atomic E-state index is 13.1. The maximum absolute atomic E-state index is 13.1. The number of carbonyl (C=O) groups is 2. The van der Waals surface area contributed by atoms with Gasteiger partial charge in [-0.15, -0.1) is 15.3 Å². The standard InChI is InChI=1S/C44H70BrN9O25/c45-3-7-72-30(58)1-2-31(59)76-23-44(20-69-17-24-11-52(49-46-24)4-8-73-41-38(66)35(63)32(60)27(14-55)77-41,21-70-18-25-12-53(50-47-25)5-9-74-42-39(67)36(64)33(61)28(15-56)78-42)22-71-19-26-13-54(51-48-26)6-10-75-43-40(68)37(65)34(62)29(16-57)79-43/h11-13,27-29,32-43,55-57,60-68H,1-10,14-23H2/t27-,28-,29-,32-,33-,34-,35+,36+,37+,38+,39+,40+,41+,42+,43+/m1/s1. The van der Waals surface area contributed by atoms with Crippen molar-refractivity contribution in [3.8, 4) is 0 Å². The van der Waals surface area contributed by atoms with Crippen LogP contribution < -0.4 is 0 Å². The Hall–Kier alpha value is -4.00. The van der Waals surface area contributed by atoms with Crippen LogP contribution in [0.25, 0.3) is 0 Å². The van der Waals surface area contributed by atoms with Gasteiger partial charge in [0.1, 0.15) is 104 Å². The number of halogens is 1. The lowest BCUT2D eigenvalue weighted by atomic mass is 9.92. The van der Waals surface area contributed by atoms with Gasteiger partial charge >= 0.3 is 11.9 Å². The van der Waals surface area contributed by atoms with Crippen molar-refractivity contribution >= 4 is 27.9 Å². The van der Waals surface area contributed by atoms with Crippen LogP contribution in [-0.2, 0) is 101 Å². The number of aliphatic hydroxyl groups excluding tert-OH is 12. The van der Waals surface area contributed by atoms with Crippen LogP contribution in [0.3, 0.4) is 0 Å². The number of hydrogen-bond acceptors (Lipinski definition) is 31. The van der Waals surface area contributed by atoms with Gasteiger partial charge in [0.25, 0.3) is 0 Å². The highest BCUT2D eigenvalue weighted by atomic mass is 79.9. The number of esters is 2. The SMILES string of the molecule is O=C(CCC(=O)OCC(COCc1cn(CCO[C@H]2O[C@H](CO)[C@@H](O)[C@H](O)[C@@H]2O)nn1)(COCc1cn(CCO[C@H]2O[C@H](CO)[C@@H](O)[C@H](O)[C@@H]2O)nn1)COCc1cn(CCO[C@H]2O[C@H](CO)[C@@H](O)[C@H](O)[C@@H]2O)nn1)OCCBr. The summed E-state index contributed by atoms with van der Waals surface area (Å²) in [6.45, 7) is -3.33. The van der Waals surface area contributed by atoms with Gasteiger partial charge in [-0.3, -0.25) is 9.59 Å². The van der Waals surface area contributed by atoms with Gasteiger partial charge in [0.05, 0.1) is 136 Å². The smallest absolute Gasteiger partial charge is 0.306 e. The number of nitrogens with zero attached hydrogens (tertiary/aromatic N) is 9. The average molecular weight is 1200 g/mol. The van der Waals surface area contributed by atoms with Gasteiger partial charge in [-0.2, -0.15) is 0 Å². The van der Waals surface area contributed by atoms with Gasteiger partial charge in [-0.1, -0.05) is 31.6 Å². The lowest BCUT2D eigenvalue weighted by Gasteiger charge is -2.39. The zero-order valence-corrected chi connectivity index (χ0v) is 44.2. The largest absolute Gasteiger partial charge is 0.465 e. The lowest BCUT2D eigenvalue weighted by Crippen LogP contribution is -2.59. The van der Waals surface area contributed by atoms with E-state index in [2.05, 4.69) is 46.9 Å². The highest BCUT2D eigenvalue weighted by Crippen LogP contribution is 2.26. The van der Waals surface area contributed by atoms with Gasteiger partial charge in [-0.05, 0) is 0 Å². The quantitative estimate of drug-likeness (QED) is 0.0195. The van der Waals surface area contributed by atoms with Crippen LogP contribution in [0.1, 0.15) is 29.9 Å². The minimum Gasteiger partial charge on any atom is -0.465 e. The van der Waals surface area contributed by atoms with Crippen molar-refractivity contribution in [1.82, 2.24) is 45.0 Å². The summed E-state index contributed by atoms with van der Waals surface area (Å²) in [5.74, 6) is -1.37. The molecule has 0 aromatic carbocycles. The molecule has 0 saturated carbocycles. The Bertz CT molecular complexity index is 2040. The average Bonchev–Trinajstić information content (AvgIpc) is 4.24. The second-order valence-corrected chi connectivity index (χ2v) is 19.5. The van der Waals surface area contributed by atoms with E-state index in [9.17, 15) is 70.9 Å². The lowest BCUT2D eigenvalue weighted by molar-refractivity contribution is -0.301. The highest BCUT2D eigenvalue weighted by molar-refractivity contribution is 9.09. The third-order valence-electron chi connectivity index (χ3n) is 12.5. The van der Waals surface area contributed by atoms with E-state index in [1.54, 1.807) is 0 Å². The molecule has 0 unspecified atom stereocenters. The van der Waals surface area contributed by atoms with Gasteiger partial charge in [0.2, 0.25) is 0 Å². The molecule has 3 aromatic heterocycles. The molecule has 0 radical (unpaired) electrons. The number of alkyl halides is 1. The summed E-state index contributed by atoms with van der Waals surface area (Å²) in [6, 6.07) is 0. The molecule has 3 aromatic rings. The van der Waals surface area contributed by atoms with E-state index in [0.717, 1.165) is 0 Å². The Morgan fingerprint density at radius 2 is 0.810 bits per heavy atom. The number of hydrogen-bond donors (Lipinski definition) is 12. The molecule has 0 spiro atoms. The Balaban J connectivity index is 1.10. The highest BCUT2D eigenvalue weighted by Gasteiger charge is 2.46. The van der Waals surface area contributed by atoms with Crippen molar-refractivity contribution in [1.29, 1.82) is 0 Å². The molecule has 34 nitrogen and oxygen atoms in total. The third kappa shape index (κ3) is 18.8. The Morgan fingerprint density at radius 1 is 0.481 bits per heavy atom. The van der Waals surface area contributed by atoms with Crippen LogP contribution >= 0.6 is 15.9 Å². The van der Waals surface area contributed by atoms with Crippen LogP contribution in [0, 0.1) is 5.41 Å². The summed E-state index contributed by atoms with van der Waals surface area (Å²) >= 11 is 3.17. The van der Waals surface area contributed by atoms with Crippen LogP contribution in [0.2, 0.25) is 0 Å². The van der Waals surface area contributed by atoms with Crippen molar-refractivity contribution in [2.75, 3.05) is 78.0 Å². The Kier molecular flexibility index (Phi) is 26.0. The van der Waals surface area contributed by atoms with E-state index < -0.39 is 129 Å². The molecular weight excluding hydrogens is 1130 g/mol. The second kappa shape index (κ2) is 32.0. The first kappa shape index (κ1) is 64.2. The first-order valence-corrected chi connectivity index (χ1v) is 26.1. The zero-order chi connectivity index (χ0) is 57.1. The monoisotopic (exact) mass is 1200 g/mol. The van der Waals surface area contributed by atoms with E-state index in [-0.39, 0.29) is 105 Å². The molecule has 3 saturated heterocycles. The first-order chi connectivity index (χ1) is 38.0. The molecule has 0 bridgehead atoms. The summed E-state index contributed by atoms with van der Waals surface area (Å²) in [4.78, 5) is 25.4. The van der Waals surface area contributed by atoms with Crippen molar-refractivity contribution in [3.05, 3.63) is 35.7 Å². The second-order valence-electron chi connectivity index (χ2n) is 18.7. The summed E-state index contributed by atoms with van der Waals surface area (Å²) in [7, 11) is 0. The first-order valence-electron chi connectivity index (χ1n) is 25.0. The van der Waals surface area contributed by atoms with E-state index in [0.29, 0.717) is 22.4 Å². The van der Waals surface area contributed by atoms with E-state index in [1.807, 2.05) is 0 Å². The summed E-state index contributed by atoms with van der Waals surface area (Å²) in [6.07, 6.45) is -17.9. The molecule has 3 aliphatic heterocycles. The van der Waals surface area contributed by atoms with Crippen molar-refractivity contribution in [2.24, 2.45) is 5.41 Å². The predicted molar refractivity (Wildman–Crippen MR) is 256 cm³/mol. The number of aromatic nitrogens is 9. The Morgan fingerprint density at radius 3 is 1.13 bits per heavy atom.